The molecule has 0 bridgehead atoms. The fourth-order valence-corrected chi connectivity index (χ4v) is 4.86. The van der Waals surface area contributed by atoms with Crippen molar-refractivity contribution < 1.29 is 17.2 Å². The summed E-state index contributed by atoms with van der Waals surface area (Å²) >= 11 is 5.90. The first-order chi connectivity index (χ1) is 14.3. The number of aromatic nitrogens is 2. The lowest BCUT2D eigenvalue weighted by Crippen LogP contribution is -2.49. The van der Waals surface area contributed by atoms with Gasteiger partial charge >= 0.3 is 0 Å². The van der Waals surface area contributed by atoms with E-state index in [4.69, 9.17) is 11.6 Å². The molecule has 156 valence electrons. The maximum Gasteiger partial charge on any atom is 0.246 e. The second kappa shape index (κ2) is 8.25. The number of benzene rings is 2. The average Bonchev–Trinajstić information content (AvgIpc) is 2.76. The zero-order valence-corrected chi connectivity index (χ0v) is 17.2. The summed E-state index contributed by atoms with van der Waals surface area (Å²) in [4.78, 5) is 1.25. The Bertz CT molecular complexity index is 1150. The van der Waals surface area contributed by atoms with E-state index in [0.29, 0.717) is 35.7 Å². The Morgan fingerprint density at radius 1 is 0.867 bits per heavy atom. The van der Waals surface area contributed by atoms with Crippen molar-refractivity contribution in [2.45, 2.75) is 4.90 Å². The summed E-state index contributed by atoms with van der Waals surface area (Å²) < 4.78 is 53.9. The molecule has 0 atom stereocenters. The first-order valence-corrected chi connectivity index (χ1v) is 11.0. The van der Waals surface area contributed by atoms with E-state index in [-0.39, 0.29) is 13.1 Å². The highest BCUT2D eigenvalue weighted by molar-refractivity contribution is 7.89. The summed E-state index contributed by atoms with van der Waals surface area (Å²) in [5, 5.41) is 9.10. The van der Waals surface area contributed by atoms with Gasteiger partial charge in [0.1, 0.15) is 16.5 Å². The Morgan fingerprint density at radius 2 is 1.57 bits per heavy atom. The van der Waals surface area contributed by atoms with Crippen molar-refractivity contribution in [1.82, 2.24) is 14.5 Å². The number of nitrogens with zero attached hydrogens (tertiary/aromatic N) is 4. The minimum absolute atomic E-state index is 0.124. The van der Waals surface area contributed by atoms with Crippen LogP contribution in [0.3, 0.4) is 0 Å². The van der Waals surface area contributed by atoms with E-state index in [9.17, 15) is 17.2 Å². The molecule has 6 nitrogen and oxygen atoms in total. The van der Waals surface area contributed by atoms with E-state index in [2.05, 4.69) is 10.2 Å². The lowest BCUT2D eigenvalue weighted by molar-refractivity contribution is 0.380. The Balaban J connectivity index is 1.45. The average molecular weight is 451 g/mol. The molecule has 0 radical (unpaired) electrons. The first-order valence-electron chi connectivity index (χ1n) is 9.14. The van der Waals surface area contributed by atoms with E-state index in [1.807, 2.05) is 29.2 Å². The van der Waals surface area contributed by atoms with E-state index < -0.39 is 26.6 Å². The molecule has 2 heterocycles. The second-order valence-electron chi connectivity index (χ2n) is 6.75. The largest absolute Gasteiger partial charge is 0.352 e. The molecule has 1 aromatic heterocycles. The van der Waals surface area contributed by atoms with Gasteiger partial charge in [0.05, 0.1) is 5.69 Å². The van der Waals surface area contributed by atoms with Crippen LogP contribution in [-0.4, -0.2) is 49.1 Å². The van der Waals surface area contributed by atoms with Gasteiger partial charge in [0.25, 0.3) is 0 Å². The monoisotopic (exact) mass is 450 g/mol. The summed E-state index contributed by atoms with van der Waals surface area (Å²) in [6.07, 6.45) is 0. The Labute approximate surface area is 177 Å². The highest BCUT2D eigenvalue weighted by Crippen LogP contribution is 2.24. The van der Waals surface area contributed by atoms with Crippen LogP contribution in [0.2, 0.25) is 5.02 Å². The molecule has 2 aromatic carbocycles. The molecule has 4 rings (SSSR count). The lowest BCUT2D eigenvalue weighted by Gasteiger charge is -2.34. The summed E-state index contributed by atoms with van der Waals surface area (Å²) in [5.41, 5.74) is 1.57. The van der Waals surface area contributed by atoms with Gasteiger partial charge < -0.3 is 4.90 Å². The van der Waals surface area contributed by atoms with Gasteiger partial charge in [-0.05, 0) is 42.5 Å². The number of hydrogen-bond donors (Lipinski definition) is 0. The van der Waals surface area contributed by atoms with Crippen molar-refractivity contribution in [1.29, 1.82) is 0 Å². The lowest BCUT2D eigenvalue weighted by atomic mass is 10.1. The molecule has 0 saturated carbocycles. The molecule has 0 unspecified atom stereocenters. The summed E-state index contributed by atoms with van der Waals surface area (Å²) in [6, 6.07) is 13.3. The van der Waals surface area contributed by atoms with Crippen molar-refractivity contribution in [3.8, 4) is 11.3 Å². The van der Waals surface area contributed by atoms with Crippen LogP contribution in [0, 0.1) is 11.6 Å². The van der Waals surface area contributed by atoms with Crippen molar-refractivity contribution in [2.75, 3.05) is 31.1 Å². The van der Waals surface area contributed by atoms with Gasteiger partial charge in [-0.25, -0.2) is 17.2 Å². The maximum absolute atomic E-state index is 14.0. The van der Waals surface area contributed by atoms with Gasteiger partial charge in [-0.3, -0.25) is 0 Å². The fraction of sp³-hybridized carbons (Fsp3) is 0.200. The van der Waals surface area contributed by atoms with E-state index in [0.717, 1.165) is 22.0 Å². The van der Waals surface area contributed by atoms with E-state index in [1.54, 1.807) is 12.1 Å². The highest BCUT2D eigenvalue weighted by Gasteiger charge is 2.31. The van der Waals surface area contributed by atoms with Crippen LogP contribution in [0.1, 0.15) is 0 Å². The maximum atomic E-state index is 14.0. The zero-order valence-electron chi connectivity index (χ0n) is 15.7. The zero-order chi connectivity index (χ0) is 21.3. The summed E-state index contributed by atoms with van der Waals surface area (Å²) in [6.45, 7) is 0.952. The number of halogens is 3. The summed E-state index contributed by atoms with van der Waals surface area (Å²) in [7, 11) is -4.12. The molecule has 3 aromatic rings. The van der Waals surface area contributed by atoms with Crippen LogP contribution in [-0.2, 0) is 10.0 Å². The highest BCUT2D eigenvalue weighted by atomic mass is 35.5. The van der Waals surface area contributed by atoms with Crippen molar-refractivity contribution >= 4 is 27.4 Å². The number of piperazine rings is 1. The minimum atomic E-state index is -4.12. The number of anilines is 1. The SMILES string of the molecule is O=S(=O)(c1cc(F)ccc1F)N1CCN(c2ccc(-c3ccc(Cl)cc3)nn2)CC1. The van der Waals surface area contributed by atoms with E-state index in [1.165, 1.54) is 0 Å². The Hall–Kier alpha value is -2.62. The molecule has 0 aliphatic carbocycles. The molecule has 1 saturated heterocycles. The molecule has 30 heavy (non-hydrogen) atoms. The van der Waals surface area contributed by atoms with Gasteiger partial charge in [-0.15, -0.1) is 10.2 Å². The second-order valence-corrected chi connectivity index (χ2v) is 9.09. The molecule has 1 aliphatic rings. The smallest absolute Gasteiger partial charge is 0.246 e. The predicted octanol–water partition coefficient (Wildman–Crippen LogP) is 3.59. The molecular weight excluding hydrogens is 434 g/mol. The molecule has 1 fully saturated rings. The molecule has 0 N–H and O–H groups in total. The number of hydrogen-bond acceptors (Lipinski definition) is 5. The van der Waals surface area contributed by atoms with Crippen LogP contribution < -0.4 is 4.90 Å². The standard InChI is InChI=1S/C20H17ClF2N4O2S/c21-15-3-1-14(2-4-15)18-7-8-20(25-24-18)26-9-11-27(12-10-26)30(28,29)19-13-16(22)5-6-17(19)23/h1-8,13H,9-12H2. The van der Waals surface area contributed by atoms with Gasteiger partial charge in [0.2, 0.25) is 10.0 Å². The van der Waals surface area contributed by atoms with Crippen LogP contribution >= 0.6 is 11.6 Å². The normalized spacial score (nSPS) is 15.4. The van der Waals surface area contributed by atoms with Gasteiger partial charge in [0, 0.05) is 36.8 Å². The van der Waals surface area contributed by atoms with E-state index >= 15 is 0 Å². The fourth-order valence-electron chi connectivity index (χ4n) is 3.24. The van der Waals surface area contributed by atoms with Crippen LogP contribution in [0.25, 0.3) is 11.3 Å². The van der Waals surface area contributed by atoms with Gasteiger partial charge in [0.15, 0.2) is 5.82 Å². The Morgan fingerprint density at radius 3 is 2.20 bits per heavy atom. The van der Waals surface area contributed by atoms with Crippen LogP contribution in [0.4, 0.5) is 14.6 Å². The summed E-state index contributed by atoms with van der Waals surface area (Å²) in [5.74, 6) is -1.16. The minimum Gasteiger partial charge on any atom is -0.352 e. The molecule has 1 aliphatic heterocycles. The quantitative estimate of drug-likeness (QED) is 0.607. The number of rotatable bonds is 4. The topological polar surface area (TPSA) is 66.4 Å². The third-order valence-corrected chi connectivity index (χ3v) is 7.03. The van der Waals surface area contributed by atoms with Gasteiger partial charge in [-0.2, -0.15) is 4.31 Å². The van der Waals surface area contributed by atoms with Crippen molar-refractivity contribution in [2.24, 2.45) is 0 Å². The molecule has 0 spiro atoms. The van der Waals surface area contributed by atoms with Crippen molar-refractivity contribution in [3.63, 3.8) is 0 Å². The first kappa shape index (κ1) is 20.6. The Kier molecular flexibility index (Phi) is 5.68. The van der Waals surface area contributed by atoms with Crippen LogP contribution in [0.15, 0.2) is 59.5 Å². The van der Waals surface area contributed by atoms with Crippen molar-refractivity contribution in [3.05, 3.63) is 71.3 Å². The molecular formula is C20H17ClF2N4O2S. The van der Waals surface area contributed by atoms with Gasteiger partial charge in [-0.1, -0.05) is 23.7 Å². The molecule has 10 heteroatoms. The number of sulfonamides is 1. The molecule has 0 amide bonds. The van der Waals surface area contributed by atoms with Crippen LogP contribution in [0.5, 0.6) is 0 Å². The third-order valence-electron chi connectivity index (χ3n) is 4.86. The third kappa shape index (κ3) is 4.14. The predicted molar refractivity (Wildman–Crippen MR) is 110 cm³/mol.